The van der Waals surface area contributed by atoms with Crippen LogP contribution in [-0.4, -0.2) is 19.0 Å². The molecular weight excluding hydrogens is 300 g/mol. The molecule has 0 saturated carbocycles. The molecule has 1 atom stereocenters. The Balaban J connectivity index is 1.95. The first kappa shape index (κ1) is 16.2. The quantitative estimate of drug-likeness (QED) is 0.757. The average molecular weight is 324 g/mol. The molecule has 0 bridgehead atoms. The Morgan fingerprint density at radius 1 is 1.08 bits per heavy atom. The van der Waals surface area contributed by atoms with Gasteiger partial charge in [-0.1, -0.05) is 12.1 Å². The Kier molecular flexibility index (Phi) is 4.09. The summed E-state index contributed by atoms with van der Waals surface area (Å²) in [5.74, 6) is 1.69. The molecule has 126 valence electrons. The van der Waals surface area contributed by atoms with Crippen LogP contribution in [0.25, 0.3) is 0 Å². The zero-order chi connectivity index (χ0) is 17.3. The van der Waals surface area contributed by atoms with Crippen molar-refractivity contribution in [1.29, 1.82) is 0 Å². The minimum atomic E-state index is -0.464. The zero-order valence-electron chi connectivity index (χ0n) is 14.6. The second-order valence-corrected chi connectivity index (χ2v) is 6.44. The first-order valence-electron chi connectivity index (χ1n) is 8.11. The van der Waals surface area contributed by atoms with Crippen molar-refractivity contribution >= 4 is 17.2 Å². The van der Waals surface area contributed by atoms with Crippen molar-refractivity contribution in [1.82, 2.24) is 5.32 Å². The molecule has 2 aromatic rings. The average Bonchev–Trinajstić information content (AvgIpc) is 2.54. The molecule has 1 aliphatic heterocycles. The highest BCUT2D eigenvalue weighted by Gasteiger charge is 2.33. The van der Waals surface area contributed by atoms with Gasteiger partial charge < -0.3 is 21.1 Å². The maximum Gasteiger partial charge on any atom is 0.132 e. The molecule has 4 N–H and O–H groups in total. The monoisotopic (exact) mass is 324 g/mol. The SMILES string of the molecule is CN=C1NC(C)(c2ccc(OC(C)C)cc2)Nc2ccc(N)cc21. The van der Waals surface area contributed by atoms with Gasteiger partial charge in [0.2, 0.25) is 0 Å². The molecule has 3 rings (SSSR count). The lowest BCUT2D eigenvalue weighted by Gasteiger charge is -2.40. The molecule has 2 aromatic carbocycles. The molecular formula is C19H24N4O. The molecule has 0 fully saturated rings. The van der Waals surface area contributed by atoms with Crippen molar-refractivity contribution in [2.45, 2.75) is 32.5 Å². The van der Waals surface area contributed by atoms with Crippen molar-refractivity contribution in [2.75, 3.05) is 18.1 Å². The number of aliphatic imine (C=N–C) groups is 1. The number of ether oxygens (including phenoxy) is 1. The third kappa shape index (κ3) is 3.02. The fourth-order valence-electron chi connectivity index (χ4n) is 2.93. The van der Waals surface area contributed by atoms with Gasteiger partial charge in [0, 0.05) is 24.0 Å². The van der Waals surface area contributed by atoms with Crippen molar-refractivity contribution in [2.24, 2.45) is 4.99 Å². The van der Waals surface area contributed by atoms with E-state index in [4.69, 9.17) is 10.5 Å². The number of amidine groups is 1. The Labute approximate surface area is 142 Å². The number of rotatable bonds is 3. The molecule has 0 aromatic heterocycles. The van der Waals surface area contributed by atoms with Gasteiger partial charge in [-0.15, -0.1) is 0 Å². The summed E-state index contributed by atoms with van der Waals surface area (Å²) in [7, 11) is 1.78. The third-order valence-corrected chi connectivity index (χ3v) is 4.08. The summed E-state index contributed by atoms with van der Waals surface area (Å²) >= 11 is 0. The van der Waals surface area contributed by atoms with Gasteiger partial charge in [0.25, 0.3) is 0 Å². The van der Waals surface area contributed by atoms with Crippen molar-refractivity contribution in [3.05, 3.63) is 53.6 Å². The van der Waals surface area contributed by atoms with Gasteiger partial charge in [-0.25, -0.2) is 0 Å². The number of anilines is 2. The summed E-state index contributed by atoms with van der Waals surface area (Å²) in [5.41, 5.74) is 9.25. The van der Waals surface area contributed by atoms with Crippen LogP contribution in [0.1, 0.15) is 31.9 Å². The van der Waals surface area contributed by atoms with Crippen LogP contribution in [0, 0.1) is 0 Å². The number of hydrogen-bond donors (Lipinski definition) is 3. The third-order valence-electron chi connectivity index (χ3n) is 4.08. The fraction of sp³-hybridized carbons (Fsp3) is 0.316. The Morgan fingerprint density at radius 2 is 1.79 bits per heavy atom. The molecule has 0 aliphatic carbocycles. The molecule has 0 radical (unpaired) electrons. The van der Waals surface area contributed by atoms with Crippen molar-refractivity contribution in [3.63, 3.8) is 0 Å². The highest BCUT2D eigenvalue weighted by atomic mass is 16.5. The van der Waals surface area contributed by atoms with E-state index in [1.807, 2.05) is 44.2 Å². The standard InChI is InChI=1S/C19H24N4O/c1-12(2)24-15-8-5-13(6-9-15)19(3)22-17-10-7-14(20)11-16(17)18(21-4)23-19/h5-12,22H,20H2,1-4H3,(H,21,23). The van der Waals surface area contributed by atoms with E-state index >= 15 is 0 Å². The number of nitrogen functional groups attached to an aromatic ring is 1. The molecule has 1 unspecified atom stereocenters. The van der Waals surface area contributed by atoms with E-state index in [9.17, 15) is 0 Å². The van der Waals surface area contributed by atoms with E-state index in [2.05, 4.69) is 34.7 Å². The summed E-state index contributed by atoms with van der Waals surface area (Å²) < 4.78 is 5.72. The lowest BCUT2D eigenvalue weighted by molar-refractivity contribution is 0.242. The molecule has 1 heterocycles. The predicted octanol–water partition coefficient (Wildman–Crippen LogP) is 3.32. The van der Waals surface area contributed by atoms with E-state index in [1.165, 1.54) is 0 Å². The highest BCUT2D eigenvalue weighted by molar-refractivity contribution is 6.06. The maximum atomic E-state index is 5.91. The highest BCUT2D eigenvalue weighted by Crippen LogP contribution is 2.33. The molecule has 5 nitrogen and oxygen atoms in total. The molecule has 0 saturated heterocycles. The summed E-state index contributed by atoms with van der Waals surface area (Å²) in [6.45, 7) is 6.13. The number of fused-ring (bicyclic) bond motifs is 1. The Bertz CT molecular complexity index is 767. The predicted molar refractivity (Wildman–Crippen MR) is 99.6 cm³/mol. The van der Waals surface area contributed by atoms with Crippen molar-refractivity contribution in [3.8, 4) is 5.75 Å². The van der Waals surface area contributed by atoms with E-state index < -0.39 is 5.66 Å². The summed E-state index contributed by atoms with van der Waals surface area (Å²) in [5, 5.41) is 7.04. The van der Waals surface area contributed by atoms with Gasteiger partial charge >= 0.3 is 0 Å². The van der Waals surface area contributed by atoms with E-state index in [0.717, 1.165) is 34.1 Å². The fourth-order valence-corrected chi connectivity index (χ4v) is 2.93. The number of nitrogens with one attached hydrogen (secondary N) is 2. The van der Waals surface area contributed by atoms with Crippen LogP contribution in [0.15, 0.2) is 47.5 Å². The summed E-state index contributed by atoms with van der Waals surface area (Å²) in [4.78, 5) is 4.39. The lowest BCUT2D eigenvalue weighted by atomic mass is 9.95. The minimum Gasteiger partial charge on any atom is -0.491 e. The Hall–Kier alpha value is -2.69. The number of nitrogens with zero attached hydrogens (tertiary/aromatic N) is 1. The smallest absolute Gasteiger partial charge is 0.132 e. The topological polar surface area (TPSA) is 71.7 Å². The van der Waals surface area contributed by atoms with Gasteiger partial charge in [-0.05, 0) is 56.7 Å². The minimum absolute atomic E-state index is 0.161. The summed E-state index contributed by atoms with van der Waals surface area (Å²) in [6.07, 6.45) is 0.161. The molecule has 0 spiro atoms. The van der Waals surface area contributed by atoms with Gasteiger partial charge in [-0.3, -0.25) is 4.99 Å². The van der Waals surface area contributed by atoms with Crippen LogP contribution in [0.5, 0.6) is 5.75 Å². The van der Waals surface area contributed by atoms with E-state index in [1.54, 1.807) is 7.05 Å². The second kappa shape index (κ2) is 6.07. The molecule has 0 amide bonds. The normalized spacial score (nSPS) is 21.1. The second-order valence-electron chi connectivity index (χ2n) is 6.44. The zero-order valence-corrected chi connectivity index (χ0v) is 14.6. The number of nitrogens with two attached hydrogens (primary N) is 1. The van der Waals surface area contributed by atoms with Crippen LogP contribution in [0.4, 0.5) is 11.4 Å². The largest absolute Gasteiger partial charge is 0.491 e. The maximum absolute atomic E-state index is 5.91. The van der Waals surface area contributed by atoms with Crippen LogP contribution in [0.3, 0.4) is 0 Å². The van der Waals surface area contributed by atoms with Crippen LogP contribution < -0.4 is 21.1 Å². The van der Waals surface area contributed by atoms with Gasteiger partial charge in [0.1, 0.15) is 17.2 Å². The lowest BCUT2D eigenvalue weighted by Crippen LogP contribution is -2.53. The number of benzene rings is 2. The summed E-state index contributed by atoms with van der Waals surface area (Å²) in [6, 6.07) is 13.9. The van der Waals surface area contributed by atoms with Gasteiger partial charge in [0.05, 0.1) is 6.10 Å². The van der Waals surface area contributed by atoms with Crippen LogP contribution >= 0.6 is 0 Å². The van der Waals surface area contributed by atoms with E-state index in [-0.39, 0.29) is 6.10 Å². The van der Waals surface area contributed by atoms with Gasteiger partial charge in [-0.2, -0.15) is 0 Å². The van der Waals surface area contributed by atoms with Crippen LogP contribution in [0.2, 0.25) is 0 Å². The van der Waals surface area contributed by atoms with E-state index in [0.29, 0.717) is 0 Å². The van der Waals surface area contributed by atoms with Crippen molar-refractivity contribution < 1.29 is 4.74 Å². The number of hydrogen-bond acceptors (Lipinski definition) is 4. The van der Waals surface area contributed by atoms with Crippen LogP contribution in [-0.2, 0) is 5.66 Å². The van der Waals surface area contributed by atoms with Gasteiger partial charge in [0.15, 0.2) is 0 Å². The first-order chi connectivity index (χ1) is 11.4. The molecule has 1 aliphatic rings. The molecule has 5 heteroatoms. The first-order valence-corrected chi connectivity index (χ1v) is 8.11. The molecule has 24 heavy (non-hydrogen) atoms. The Morgan fingerprint density at radius 3 is 2.42 bits per heavy atom.